The van der Waals surface area contributed by atoms with Crippen LogP contribution in [0.25, 0.3) is 0 Å². The number of hydrogen-bond acceptors (Lipinski definition) is 3. The van der Waals surface area contributed by atoms with E-state index in [4.69, 9.17) is 0 Å². The zero-order valence-electron chi connectivity index (χ0n) is 13.4. The van der Waals surface area contributed by atoms with E-state index in [-0.39, 0.29) is 5.91 Å². The molecule has 4 nitrogen and oxygen atoms in total. The highest BCUT2D eigenvalue weighted by Gasteiger charge is 2.19. The number of rotatable bonds is 5. The predicted molar refractivity (Wildman–Crippen MR) is 87.7 cm³/mol. The van der Waals surface area contributed by atoms with Crippen molar-refractivity contribution in [2.75, 3.05) is 44.6 Å². The Hall–Kier alpha value is -1.55. The first-order valence-corrected chi connectivity index (χ1v) is 7.94. The van der Waals surface area contributed by atoms with Crippen LogP contribution >= 0.6 is 0 Å². The number of para-hydroxylation sites is 1. The Balaban J connectivity index is 1.87. The maximum atomic E-state index is 12.3. The Morgan fingerprint density at radius 1 is 1.19 bits per heavy atom. The van der Waals surface area contributed by atoms with E-state index >= 15 is 0 Å². The van der Waals surface area contributed by atoms with E-state index < -0.39 is 0 Å². The van der Waals surface area contributed by atoms with Crippen molar-refractivity contribution in [3.63, 3.8) is 0 Å². The maximum absolute atomic E-state index is 12.3. The van der Waals surface area contributed by atoms with E-state index in [1.807, 2.05) is 17.0 Å². The van der Waals surface area contributed by atoms with Gasteiger partial charge in [-0.05, 0) is 24.1 Å². The summed E-state index contributed by atoms with van der Waals surface area (Å²) in [7, 11) is 0. The standard InChI is InChI=1S/C17H27N3O/c1-4-19-9-11-20(12-10-19)17(21)13-18-16-8-6-5-7-15(16)14(2)3/h5-8,14,18H,4,9-13H2,1-3H3. The van der Waals surface area contributed by atoms with Gasteiger partial charge in [-0.1, -0.05) is 39.0 Å². The van der Waals surface area contributed by atoms with E-state index in [0.717, 1.165) is 38.4 Å². The van der Waals surface area contributed by atoms with Crippen LogP contribution in [0, 0.1) is 0 Å². The molecular weight excluding hydrogens is 262 g/mol. The third-order valence-electron chi connectivity index (χ3n) is 4.19. The molecule has 1 fully saturated rings. The van der Waals surface area contributed by atoms with Crippen LogP contribution in [0.4, 0.5) is 5.69 Å². The average molecular weight is 289 g/mol. The minimum absolute atomic E-state index is 0.198. The number of benzene rings is 1. The number of nitrogens with zero attached hydrogens (tertiary/aromatic N) is 2. The number of piperazine rings is 1. The van der Waals surface area contributed by atoms with Crippen molar-refractivity contribution in [2.45, 2.75) is 26.7 Å². The number of likely N-dealkylation sites (N-methyl/N-ethyl adjacent to an activating group) is 1. The van der Waals surface area contributed by atoms with Crippen LogP contribution < -0.4 is 5.32 Å². The number of amides is 1. The van der Waals surface area contributed by atoms with Crippen molar-refractivity contribution in [3.8, 4) is 0 Å². The van der Waals surface area contributed by atoms with E-state index in [1.54, 1.807) is 0 Å². The predicted octanol–water partition coefficient (Wildman–Crippen LogP) is 2.39. The minimum atomic E-state index is 0.198. The molecule has 1 aromatic rings. The van der Waals surface area contributed by atoms with Gasteiger partial charge in [-0.2, -0.15) is 0 Å². The molecule has 4 heteroatoms. The molecule has 0 aliphatic carbocycles. The lowest BCUT2D eigenvalue weighted by Gasteiger charge is -2.34. The number of nitrogens with one attached hydrogen (secondary N) is 1. The molecule has 1 saturated heterocycles. The number of anilines is 1. The lowest BCUT2D eigenvalue weighted by Crippen LogP contribution is -2.49. The van der Waals surface area contributed by atoms with Crippen LogP contribution in [-0.4, -0.2) is 55.0 Å². The Labute approximate surface area is 128 Å². The van der Waals surface area contributed by atoms with Crippen LogP contribution in [0.3, 0.4) is 0 Å². The summed E-state index contributed by atoms with van der Waals surface area (Å²) >= 11 is 0. The van der Waals surface area contributed by atoms with Gasteiger partial charge in [-0.3, -0.25) is 4.79 Å². The SMILES string of the molecule is CCN1CCN(C(=O)CNc2ccccc2C(C)C)CC1. The van der Waals surface area contributed by atoms with Gasteiger partial charge < -0.3 is 15.1 Å². The molecule has 0 unspecified atom stereocenters. The van der Waals surface area contributed by atoms with Crippen LogP contribution in [0.15, 0.2) is 24.3 Å². The fraction of sp³-hybridized carbons (Fsp3) is 0.588. The van der Waals surface area contributed by atoms with Gasteiger partial charge in [-0.15, -0.1) is 0 Å². The molecule has 2 rings (SSSR count). The molecule has 21 heavy (non-hydrogen) atoms. The van der Waals surface area contributed by atoms with E-state index in [0.29, 0.717) is 12.5 Å². The molecule has 1 aliphatic rings. The third kappa shape index (κ3) is 4.21. The van der Waals surface area contributed by atoms with Crippen LogP contribution in [0.1, 0.15) is 32.3 Å². The Morgan fingerprint density at radius 3 is 2.48 bits per heavy atom. The summed E-state index contributed by atoms with van der Waals surface area (Å²) in [5.41, 5.74) is 2.34. The molecule has 1 heterocycles. The molecule has 0 saturated carbocycles. The third-order valence-corrected chi connectivity index (χ3v) is 4.19. The quantitative estimate of drug-likeness (QED) is 0.904. The van der Waals surface area contributed by atoms with Gasteiger partial charge in [0.05, 0.1) is 6.54 Å². The van der Waals surface area contributed by atoms with Crippen LogP contribution in [0.5, 0.6) is 0 Å². The average Bonchev–Trinajstić information content (AvgIpc) is 2.52. The molecule has 1 amide bonds. The van der Waals surface area contributed by atoms with Crippen molar-refractivity contribution in [1.29, 1.82) is 0 Å². The summed E-state index contributed by atoms with van der Waals surface area (Å²) in [6.07, 6.45) is 0. The van der Waals surface area contributed by atoms with E-state index in [9.17, 15) is 4.79 Å². The van der Waals surface area contributed by atoms with Crippen molar-refractivity contribution in [2.24, 2.45) is 0 Å². The highest BCUT2D eigenvalue weighted by molar-refractivity contribution is 5.81. The first-order valence-electron chi connectivity index (χ1n) is 7.94. The number of carbonyl (C=O) groups is 1. The van der Waals surface area contributed by atoms with Crippen molar-refractivity contribution in [1.82, 2.24) is 9.80 Å². The van der Waals surface area contributed by atoms with Gasteiger partial charge in [-0.25, -0.2) is 0 Å². The molecule has 0 bridgehead atoms. The minimum Gasteiger partial charge on any atom is -0.376 e. The molecular formula is C17H27N3O. The fourth-order valence-electron chi connectivity index (χ4n) is 2.76. The second-order valence-corrected chi connectivity index (χ2v) is 5.91. The first-order chi connectivity index (χ1) is 10.1. The summed E-state index contributed by atoms with van der Waals surface area (Å²) in [6.45, 7) is 11.6. The van der Waals surface area contributed by atoms with Gasteiger partial charge in [0.25, 0.3) is 0 Å². The summed E-state index contributed by atoms with van der Waals surface area (Å²) in [5.74, 6) is 0.654. The first kappa shape index (κ1) is 15.8. The summed E-state index contributed by atoms with van der Waals surface area (Å²) < 4.78 is 0. The Kier molecular flexibility index (Phi) is 5.62. The van der Waals surface area contributed by atoms with E-state index in [1.165, 1.54) is 5.56 Å². The second-order valence-electron chi connectivity index (χ2n) is 5.91. The van der Waals surface area contributed by atoms with Gasteiger partial charge in [0.1, 0.15) is 0 Å². The molecule has 0 atom stereocenters. The monoisotopic (exact) mass is 289 g/mol. The molecule has 1 aliphatic heterocycles. The largest absolute Gasteiger partial charge is 0.376 e. The summed E-state index contributed by atoms with van der Waals surface area (Å²) in [4.78, 5) is 16.6. The van der Waals surface area contributed by atoms with Gasteiger partial charge in [0, 0.05) is 31.9 Å². The number of carbonyl (C=O) groups excluding carboxylic acids is 1. The molecule has 0 aromatic heterocycles. The Morgan fingerprint density at radius 2 is 1.86 bits per heavy atom. The lowest BCUT2D eigenvalue weighted by molar-refractivity contribution is -0.131. The molecule has 1 N–H and O–H groups in total. The van der Waals surface area contributed by atoms with Crippen molar-refractivity contribution in [3.05, 3.63) is 29.8 Å². The number of hydrogen-bond donors (Lipinski definition) is 1. The maximum Gasteiger partial charge on any atom is 0.241 e. The van der Waals surface area contributed by atoms with E-state index in [2.05, 4.69) is 43.1 Å². The summed E-state index contributed by atoms with van der Waals surface area (Å²) in [6, 6.07) is 8.24. The molecule has 116 valence electrons. The summed E-state index contributed by atoms with van der Waals surface area (Å²) in [5, 5.41) is 3.31. The smallest absolute Gasteiger partial charge is 0.241 e. The Bertz CT molecular complexity index is 465. The molecule has 1 aromatic carbocycles. The highest BCUT2D eigenvalue weighted by atomic mass is 16.2. The molecule has 0 radical (unpaired) electrons. The topological polar surface area (TPSA) is 35.6 Å². The van der Waals surface area contributed by atoms with Crippen molar-refractivity contribution >= 4 is 11.6 Å². The fourth-order valence-corrected chi connectivity index (χ4v) is 2.76. The zero-order chi connectivity index (χ0) is 15.2. The van der Waals surface area contributed by atoms with Gasteiger partial charge in [0.2, 0.25) is 5.91 Å². The second kappa shape index (κ2) is 7.46. The van der Waals surface area contributed by atoms with Gasteiger partial charge >= 0.3 is 0 Å². The lowest BCUT2D eigenvalue weighted by atomic mass is 10.0. The zero-order valence-corrected chi connectivity index (χ0v) is 13.4. The van der Waals surface area contributed by atoms with Crippen molar-refractivity contribution < 1.29 is 4.79 Å². The highest BCUT2D eigenvalue weighted by Crippen LogP contribution is 2.23. The van der Waals surface area contributed by atoms with Crippen LogP contribution in [0.2, 0.25) is 0 Å². The van der Waals surface area contributed by atoms with Gasteiger partial charge in [0.15, 0.2) is 0 Å². The normalized spacial score (nSPS) is 16.3. The molecule has 0 spiro atoms. The van der Waals surface area contributed by atoms with Crippen LogP contribution in [-0.2, 0) is 4.79 Å².